The Balaban J connectivity index is 2.58. The van der Waals surface area contributed by atoms with E-state index in [4.69, 9.17) is 9.47 Å². The molecule has 0 bridgehead atoms. The molecule has 1 atom stereocenters. The molecule has 0 saturated heterocycles. The Hall–Kier alpha value is -2.73. The normalized spacial score (nSPS) is 12.2. The van der Waals surface area contributed by atoms with Gasteiger partial charge in [-0.2, -0.15) is 18.4 Å². The summed E-state index contributed by atoms with van der Waals surface area (Å²) in [5.74, 6) is -0.0550. The van der Waals surface area contributed by atoms with Crippen molar-refractivity contribution in [3.8, 4) is 23.1 Å². The number of hydrogen-bond donors (Lipinski definition) is 0. The Morgan fingerprint density at radius 2 is 1.96 bits per heavy atom. The van der Waals surface area contributed by atoms with E-state index in [9.17, 15) is 23.2 Å². The molecule has 9 heteroatoms. The van der Waals surface area contributed by atoms with E-state index in [1.165, 1.54) is 14.0 Å². The molecule has 2 aromatic rings. The minimum Gasteiger partial charge on any atom is -0.497 e. The molecule has 5 nitrogen and oxygen atoms in total. The molecular weight excluding hydrogens is 393 g/mol. The average molecular weight is 410 g/mol. The van der Waals surface area contributed by atoms with E-state index in [1.807, 2.05) is 0 Å². The zero-order chi connectivity index (χ0) is 20.9. The number of methoxy groups -OCH3 is 1. The minimum absolute atomic E-state index is 0.0348. The molecule has 0 aliphatic rings. The first-order chi connectivity index (χ1) is 13.2. The molecule has 0 spiro atoms. The zero-order valence-corrected chi connectivity index (χ0v) is 16.1. The lowest BCUT2D eigenvalue weighted by Crippen LogP contribution is -2.18. The number of carbonyl (C=O) groups is 1. The van der Waals surface area contributed by atoms with Gasteiger partial charge < -0.3 is 9.47 Å². The van der Waals surface area contributed by atoms with Crippen LogP contribution in [0.25, 0.3) is 11.3 Å². The lowest BCUT2D eigenvalue weighted by atomic mass is 10.1. The summed E-state index contributed by atoms with van der Waals surface area (Å²) in [6, 6.07) is 8.72. The number of thioether (sulfide) groups is 1. The molecule has 1 unspecified atom stereocenters. The first-order valence-corrected chi connectivity index (χ1v) is 9.09. The maximum absolute atomic E-state index is 13.5. The van der Waals surface area contributed by atoms with Gasteiger partial charge in [-0.1, -0.05) is 11.8 Å². The summed E-state index contributed by atoms with van der Waals surface area (Å²) >= 11 is 0.757. The minimum atomic E-state index is -4.75. The number of carbonyl (C=O) groups excluding carboxylic acids is 1. The van der Waals surface area contributed by atoms with Gasteiger partial charge in [0.05, 0.1) is 30.5 Å². The molecule has 148 valence electrons. The van der Waals surface area contributed by atoms with Crippen LogP contribution in [-0.2, 0) is 15.7 Å². The molecule has 0 saturated carbocycles. The van der Waals surface area contributed by atoms with E-state index < -0.39 is 28.5 Å². The number of benzene rings is 1. The molecular formula is C19H17F3N2O3S. The smallest absolute Gasteiger partial charge is 0.417 e. The van der Waals surface area contributed by atoms with E-state index in [2.05, 4.69) is 4.98 Å². The van der Waals surface area contributed by atoms with Gasteiger partial charge in [0, 0.05) is 5.56 Å². The highest BCUT2D eigenvalue weighted by atomic mass is 32.2. The van der Waals surface area contributed by atoms with Gasteiger partial charge in [0.25, 0.3) is 0 Å². The number of esters is 1. The Kier molecular flexibility index (Phi) is 6.91. The molecule has 0 N–H and O–H groups in total. The molecule has 28 heavy (non-hydrogen) atoms. The number of aromatic nitrogens is 1. The van der Waals surface area contributed by atoms with Gasteiger partial charge in [0.15, 0.2) is 0 Å². The number of alkyl halides is 3. The second-order valence-electron chi connectivity index (χ2n) is 5.59. The quantitative estimate of drug-likeness (QED) is 0.508. The van der Waals surface area contributed by atoms with Crippen LogP contribution in [0.2, 0.25) is 0 Å². The molecule has 1 heterocycles. The third-order valence-corrected chi connectivity index (χ3v) is 4.76. The number of hydrogen-bond acceptors (Lipinski definition) is 6. The number of nitriles is 1. The molecule has 0 radical (unpaired) electrons. The Bertz CT molecular complexity index is 893. The summed E-state index contributed by atoms with van der Waals surface area (Å²) in [5, 5.41) is 8.31. The fraction of sp³-hybridized carbons (Fsp3) is 0.316. The second-order valence-corrected chi connectivity index (χ2v) is 6.91. The van der Waals surface area contributed by atoms with E-state index in [1.54, 1.807) is 37.3 Å². The predicted octanol–water partition coefficient (Wildman–Crippen LogP) is 4.69. The van der Waals surface area contributed by atoms with Gasteiger partial charge in [-0.3, -0.25) is 4.79 Å². The van der Waals surface area contributed by atoms with Crippen LogP contribution in [0, 0.1) is 11.3 Å². The number of halogens is 3. The topological polar surface area (TPSA) is 72.2 Å². The largest absolute Gasteiger partial charge is 0.497 e. The molecule has 0 fully saturated rings. The van der Waals surface area contributed by atoms with E-state index in [0.717, 1.165) is 17.8 Å². The van der Waals surface area contributed by atoms with Gasteiger partial charge >= 0.3 is 12.1 Å². The lowest BCUT2D eigenvalue weighted by molar-refractivity contribution is -0.142. The van der Waals surface area contributed by atoms with Crippen LogP contribution in [0.5, 0.6) is 5.75 Å². The Morgan fingerprint density at radius 1 is 1.32 bits per heavy atom. The predicted molar refractivity (Wildman–Crippen MR) is 97.9 cm³/mol. The van der Waals surface area contributed by atoms with E-state index >= 15 is 0 Å². The molecule has 0 amide bonds. The zero-order valence-electron chi connectivity index (χ0n) is 15.3. The van der Waals surface area contributed by atoms with Crippen LogP contribution in [0.15, 0.2) is 35.4 Å². The van der Waals surface area contributed by atoms with Crippen molar-refractivity contribution in [2.75, 3.05) is 13.7 Å². The summed E-state index contributed by atoms with van der Waals surface area (Å²) in [6.45, 7) is 3.25. The molecule has 1 aromatic heterocycles. The maximum atomic E-state index is 13.5. The van der Waals surface area contributed by atoms with Crippen LogP contribution in [0.3, 0.4) is 0 Å². The lowest BCUT2D eigenvalue weighted by Gasteiger charge is -2.16. The fourth-order valence-corrected chi connectivity index (χ4v) is 3.25. The van der Waals surface area contributed by atoms with Gasteiger partial charge in [-0.05, 0) is 44.2 Å². The second kappa shape index (κ2) is 8.97. The van der Waals surface area contributed by atoms with E-state index in [-0.39, 0.29) is 17.3 Å². The first-order valence-electron chi connectivity index (χ1n) is 8.21. The van der Waals surface area contributed by atoms with Gasteiger partial charge in [0.1, 0.15) is 22.1 Å². The monoisotopic (exact) mass is 410 g/mol. The summed E-state index contributed by atoms with van der Waals surface area (Å²) in [6.07, 6.45) is -4.75. The highest BCUT2D eigenvalue weighted by Crippen LogP contribution is 2.39. The highest BCUT2D eigenvalue weighted by Gasteiger charge is 2.36. The van der Waals surface area contributed by atoms with Crippen LogP contribution in [-0.4, -0.2) is 29.9 Å². The average Bonchev–Trinajstić information content (AvgIpc) is 2.66. The van der Waals surface area contributed by atoms with Gasteiger partial charge in [-0.15, -0.1) is 0 Å². The van der Waals surface area contributed by atoms with Crippen molar-refractivity contribution in [2.45, 2.75) is 30.3 Å². The maximum Gasteiger partial charge on any atom is 0.417 e. The van der Waals surface area contributed by atoms with Crippen LogP contribution in [0.1, 0.15) is 25.0 Å². The summed E-state index contributed by atoms with van der Waals surface area (Å²) in [7, 11) is 1.47. The van der Waals surface area contributed by atoms with E-state index in [0.29, 0.717) is 11.3 Å². The highest BCUT2D eigenvalue weighted by molar-refractivity contribution is 8.00. The number of ether oxygens (including phenoxy) is 2. The summed E-state index contributed by atoms with van der Waals surface area (Å²) in [4.78, 5) is 16.1. The van der Waals surface area contributed by atoms with Crippen LogP contribution < -0.4 is 4.74 Å². The van der Waals surface area contributed by atoms with Gasteiger partial charge in [0.2, 0.25) is 0 Å². The summed E-state index contributed by atoms with van der Waals surface area (Å²) in [5.41, 5.74) is -1.27. The third kappa shape index (κ3) is 4.95. The molecule has 2 rings (SSSR count). The third-order valence-electron chi connectivity index (χ3n) is 3.70. The van der Waals surface area contributed by atoms with Crippen molar-refractivity contribution in [3.05, 3.63) is 41.5 Å². The van der Waals surface area contributed by atoms with Crippen molar-refractivity contribution >= 4 is 17.7 Å². The SMILES string of the molecule is CCOC(=O)C(C)Sc1nc(-c2ccc(OC)cc2)cc(C(F)(F)F)c1C#N. The van der Waals surface area contributed by atoms with Crippen molar-refractivity contribution in [3.63, 3.8) is 0 Å². The summed E-state index contributed by atoms with van der Waals surface area (Å²) < 4.78 is 50.6. The van der Waals surface area contributed by atoms with Crippen molar-refractivity contribution in [2.24, 2.45) is 0 Å². The first kappa shape index (κ1) is 21.6. The van der Waals surface area contributed by atoms with Crippen molar-refractivity contribution < 1.29 is 27.4 Å². The fourth-order valence-electron chi connectivity index (χ4n) is 2.32. The molecule has 0 aliphatic heterocycles. The number of rotatable bonds is 6. The molecule has 0 aliphatic carbocycles. The van der Waals surface area contributed by atoms with Crippen molar-refractivity contribution in [1.29, 1.82) is 5.26 Å². The van der Waals surface area contributed by atoms with Crippen LogP contribution >= 0.6 is 11.8 Å². The molecule has 1 aromatic carbocycles. The van der Waals surface area contributed by atoms with Gasteiger partial charge in [-0.25, -0.2) is 4.98 Å². The standard InChI is InChI=1S/C19H17F3N2O3S/c1-4-27-18(25)11(2)28-17-14(10-23)15(19(20,21)22)9-16(24-17)12-5-7-13(26-3)8-6-12/h5-9,11H,4H2,1-3H3. The number of pyridine rings is 1. The Morgan fingerprint density at radius 3 is 2.46 bits per heavy atom. The van der Waals surface area contributed by atoms with Crippen molar-refractivity contribution in [1.82, 2.24) is 4.98 Å². The Labute approximate surface area is 164 Å². The number of nitrogens with zero attached hydrogens (tertiary/aromatic N) is 2. The van der Waals surface area contributed by atoms with Crippen LogP contribution in [0.4, 0.5) is 13.2 Å².